The lowest BCUT2D eigenvalue weighted by Gasteiger charge is -2.27. The Labute approximate surface area is 116 Å². The van der Waals surface area contributed by atoms with E-state index >= 15 is 0 Å². The van der Waals surface area contributed by atoms with Crippen LogP contribution in [0.15, 0.2) is 24.3 Å². The van der Waals surface area contributed by atoms with Crippen LogP contribution in [0.3, 0.4) is 0 Å². The summed E-state index contributed by atoms with van der Waals surface area (Å²) in [7, 11) is 1.78. The van der Waals surface area contributed by atoms with E-state index in [0.717, 1.165) is 32.7 Å². The van der Waals surface area contributed by atoms with Crippen LogP contribution >= 0.6 is 0 Å². The minimum Gasteiger partial charge on any atom is -0.383 e. The molecule has 2 rings (SSSR count). The summed E-state index contributed by atoms with van der Waals surface area (Å²) in [5.74, 6) is 0.695. The Kier molecular flexibility index (Phi) is 5.23. The molecule has 1 aliphatic rings. The van der Waals surface area contributed by atoms with E-state index in [2.05, 4.69) is 48.3 Å². The third-order valence-corrected chi connectivity index (χ3v) is 3.56. The van der Waals surface area contributed by atoms with Crippen molar-refractivity contribution in [1.82, 2.24) is 4.90 Å². The first-order valence-electron chi connectivity index (χ1n) is 7.24. The highest BCUT2D eigenvalue weighted by atomic mass is 16.5. The molecule has 1 aliphatic heterocycles. The first kappa shape index (κ1) is 14.4. The molecule has 1 aromatic carbocycles. The van der Waals surface area contributed by atoms with Gasteiger partial charge in [-0.15, -0.1) is 0 Å². The number of para-hydroxylation sites is 1. The maximum absolute atomic E-state index is 5.22. The van der Waals surface area contributed by atoms with Gasteiger partial charge in [0, 0.05) is 38.5 Å². The number of nitrogens with one attached hydrogen (secondary N) is 1. The molecule has 106 valence electrons. The highest BCUT2D eigenvalue weighted by molar-refractivity contribution is 5.56. The Morgan fingerprint density at radius 2 is 2.16 bits per heavy atom. The molecule has 0 saturated heterocycles. The Morgan fingerprint density at radius 3 is 2.84 bits per heavy atom. The highest BCUT2D eigenvalue weighted by Crippen LogP contribution is 2.25. The smallest absolute Gasteiger partial charge is 0.0589 e. The molecule has 19 heavy (non-hydrogen) atoms. The van der Waals surface area contributed by atoms with Crippen molar-refractivity contribution < 1.29 is 4.74 Å². The second-order valence-electron chi connectivity index (χ2n) is 5.85. The molecule has 0 fully saturated rings. The van der Waals surface area contributed by atoms with Gasteiger partial charge in [-0.2, -0.15) is 0 Å². The number of nitrogens with zero attached hydrogens (tertiary/aromatic N) is 1. The first-order chi connectivity index (χ1) is 9.19. The summed E-state index contributed by atoms with van der Waals surface area (Å²) in [4.78, 5) is 2.51. The number of hydrogen-bond donors (Lipinski definition) is 1. The van der Waals surface area contributed by atoms with Gasteiger partial charge >= 0.3 is 0 Å². The topological polar surface area (TPSA) is 24.5 Å². The molecule has 0 aromatic heterocycles. The molecular formula is C16H26N2O. The molecule has 0 bridgehead atoms. The van der Waals surface area contributed by atoms with Gasteiger partial charge in [0.25, 0.3) is 0 Å². The molecule has 1 aromatic rings. The normalized spacial score (nSPS) is 17.8. The number of ether oxygens (including phenoxy) is 1. The molecule has 0 radical (unpaired) electrons. The molecule has 0 spiro atoms. The monoisotopic (exact) mass is 262 g/mol. The van der Waals surface area contributed by atoms with Gasteiger partial charge in [-0.05, 0) is 24.0 Å². The van der Waals surface area contributed by atoms with Crippen LogP contribution in [0, 0.1) is 5.92 Å². The van der Waals surface area contributed by atoms with E-state index in [4.69, 9.17) is 4.74 Å². The zero-order valence-corrected chi connectivity index (χ0v) is 12.4. The van der Waals surface area contributed by atoms with Gasteiger partial charge in [-0.1, -0.05) is 32.0 Å². The summed E-state index contributed by atoms with van der Waals surface area (Å²) >= 11 is 0. The van der Waals surface area contributed by atoms with Crippen LogP contribution in [0.1, 0.15) is 19.4 Å². The van der Waals surface area contributed by atoms with Gasteiger partial charge in [0.2, 0.25) is 0 Å². The first-order valence-corrected chi connectivity index (χ1v) is 7.24. The second kappa shape index (κ2) is 6.92. The lowest BCUT2D eigenvalue weighted by atomic mass is 10.1. The minimum absolute atomic E-state index is 0.535. The fourth-order valence-corrected chi connectivity index (χ4v) is 2.79. The van der Waals surface area contributed by atoms with Crippen LogP contribution in [-0.4, -0.2) is 44.3 Å². The van der Waals surface area contributed by atoms with Crippen molar-refractivity contribution in [3.05, 3.63) is 29.8 Å². The molecule has 3 heteroatoms. The molecule has 1 atom stereocenters. The SMILES string of the molecule is COCCN(CC(C)C)CC1Cc2ccccc2N1. The molecule has 0 amide bonds. The average molecular weight is 262 g/mol. The van der Waals surface area contributed by atoms with Crippen LogP contribution in [0.5, 0.6) is 0 Å². The van der Waals surface area contributed by atoms with Crippen LogP contribution in [-0.2, 0) is 11.2 Å². The summed E-state index contributed by atoms with van der Waals surface area (Å²) in [6, 6.07) is 9.17. The van der Waals surface area contributed by atoms with Crippen molar-refractivity contribution in [3.63, 3.8) is 0 Å². The van der Waals surface area contributed by atoms with Crippen LogP contribution in [0.2, 0.25) is 0 Å². The Hall–Kier alpha value is -1.06. The average Bonchev–Trinajstić information content (AvgIpc) is 2.77. The van der Waals surface area contributed by atoms with Crippen LogP contribution in [0.4, 0.5) is 5.69 Å². The summed E-state index contributed by atoms with van der Waals surface area (Å²) in [5, 5.41) is 3.63. The Morgan fingerprint density at radius 1 is 1.37 bits per heavy atom. The number of rotatable bonds is 7. The zero-order valence-electron chi connectivity index (χ0n) is 12.4. The van der Waals surface area contributed by atoms with Crippen molar-refractivity contribution in [3.8, 4) is 0 Å². The van der Waals surface area contributed by atoms with Crippen molar-refractivity contribution in [1.29, 1.82) is 0 Å². The van der Waals surface area contributed by atoms with Crippen LogP contribution < -0.4 is 5.32 Å². The summed E-state index contributed by atoms with van der Waals surface area (Å²) in [6.07, 6.45) is 1.14. The third-order valence-electron chi connectivity index (χ3n) is 3.56. The number of methoxy groups -OCH3 is 1. The van der Waals surface area contributed by atoms with E-state index in [1.165, 1.54) is 11.3 Å². The predicted molar refractivity (Wildman–Crippen MR) is 80.7 cm³/mol. The predicted octanol–water partition coefficient (Wildman–Crippen LogP) is 2.63. The lowest BCUT2D eigenvalue weighted by molar-refractivity contribution is 0.137. The molecule has 3 nitrogen and oxygen atoms in total. The largest absolute Gasteiger partial charge is 0.383 e. The fraction of sp³-hybridized carbons (Fsp3) is 0.625. The zero-order chi connectivity index (χ0) is 13.7. The Bertz CT molecular complexity index is 367. The van der Waals surface area contributed by atoms with Gasteiger partial charge in [0.1, 0.15) is 0 Å². The van der Waals surface area contributed by atoms with Crippen molar-refractivity contribution in [2.75, 3.05) is 38.7 Å². The standard InChI is InChI=1S/C16H26N2O/c1-13(2)11-18(8-9-19-3)12-15-10-14-6-4-5-7-16(14)17-15/h4-7,13,15,17H,8-12H2,1-3H3. The summed E-state index contributed by atoms with van der Waals surface area (Å²) in [6.45, 7) is 8.61. The highest BCUT2D eigenvalue weighted by Gasteiger charge is 2.22. The summed E-state index contributed by atoms with van der Waals surface area (Å²) in [5.41, 5.74) is 2.76. The van der Waals surface area contributed by atoms with E-state index in [9.17, 15) is 0 Å². The molecule has 1 unspecified atom stereocenters. The van der Waals surface area contributed by atoms with E-state index in [-0.39, 0.29) is 0 Å². The van der Waals surface area contributed by atoms with Gasteiger partial charge in [0.05, 0.1) is 6.61 Å². The van der Waals surface area contributed by atoms with Gasteiger partial charge in [0.15, 0.2) is 0 Å². The molecular weight excluding hydrogens is 236 g/mol. The van der Waals surface area contributed by atoms with Gasteiger partial charge in [-0.3, -0.25) is 4.90 Å². The molecule has 1 heterocycles. The fourth-order valence-electron chi connectivity index (χ4n) is 2.79. The molecule has 0 saturated carbocycles. The van der Waals surface area contributed by atoms with E-state index in [1.807, 2.05) is 0 Å². The number of hydrogen-bond acceptors (Lipinski definition) is 3. The maximum Gasteiger partial charge on any atom is 0.0589 e. The van der Waals surface area contributed by atoms with Crippen molar-refractivity contribution in [2.45, 2.75) is 26.3 Å². The van der Waals surface area contributed by atoms with E-state index in [1.54, 1.807) is 7.11 Å². The quantitative estimate of drug-likeness (QED) is 0.817. The lowest BCUT2D eigenvalue weighted by Crippen LogP contribution is -2.39. The van der Waals surface area contributed by atoms with E-state index in [0.29, 0.717) is 12.0 Å². The maximum atomic E-state index is 5.22. The summed E-state index contributed by atoms with van der Waals surface area (Å²) < 4.78 is 5.22. The molecule has 1 N–H and O–H groups in total. The van der Waals surface area contributed by atoms with Crippen molar-refractivity contribution >= 4 is 5.69 Å². The number of fused-ring (bicyclic) bond motifs is 1. The van der Waals surface area contributed by atoms with Crippen molar-refractivity contribution in [2.24, 2.45) is 5.92 Å². The number of anilines is 1. The van der Waals surface area contributed by atoms with Gasteiger partial charge < -0.3 is 10.1 Å². The third kappa shape index (κ3) is 4.22. The number of benzene rings is 1. The second-order valence-corrected chi connectivity index (χ2v) is 5.85. The molecule has 0 aliphatic carbocycles. The van der Waals surface area contributed by atoms with Gasteiger partial charge in [-0.25, -0.2) is 0 Å². The van der Waals surface area contributed by atoms with E-state index < -0.39 is 0 Å². The van der Waals surface area contributed by atoms with Crippen LogP contribution in [0.25, 0.3) is 0 Å². The Balaban J connectivity index is 1.88. The minimum atomic E-state index is 0.535.